The second-order valence-electron chi connectivity index (χ2n) is 6.02. The van der Waals surface area contributed by atoms with Crippen LogP contribution >= 0.6 is 23.1 Å². The zero-order valence-corrected chi connectivity index (χ0v) is 13.5. The maximum Gasteiger partial charge on any atom is 0.194 e. The van der Waals surface area contributed by atoms with E-state index in [1.807, 2.05) is 11.8 Å². The van der Waals surface area contributed by atoms with Crippen LogP contribution in [0.4, 0.5) is 0 Å². The molecule has 2 saturated carbocycles. The lowest BCUT2D eigenvalue weighted by Crippen LogP contribution is -2.27. The van der Waals surface area contributed by atoms with E-state index in [9.17, 15) is 0 Å². The van der Waals surface area contributed by atoms with Gasteiger partial charge in [-0.15, -0.1) is 11.3 Å². The van der Waals surface area contributed by atoms with Crippen molar-refractivity contribution in [1.82, 2.24) is 14.7 Å². The molecule has 0 radical (unpaired) electrons. The van der Waals surface area contributed by atoms with Gasteiger partial charge in [0.2, 0.25) is 0 Å². The van der Waals surface area contributed by atoms with E-state index < -0.39 is 0 Å². The molecule has 2 heterocycles. The van der Waals surface area contributed by atoms with Crippen LogP contribution in [0.5, 0.6) is 0 Å². The fourth-order valence-electron chi connectivity index (χ4n) is 3.29. The number of nitrogens with zero attached hydrogens (tertiary/aromatic N) is 2. The summed E-state index contributed by atoms with van der Waals surface area (Å²) in [6.45, 7) is 0.982. The largest absolute Gasteiger partial charge is 0.308 e. The van der Waals surface area contributed by atoms with Gasteiger partial charge in [0.15, 0.2) is 4.96 Å². The van der Waals surface area contributed by atoms with E-state index >= 15 is 0 Å². The topological polar surface area (TPSA) is 29.3 Å². The molecule has 0 saturated heterocycles. The zero-order chi connectivity index (χ0) is 13.5. The number of imidazole rings is 1. The summed E-state index contributed by atoms with van der Waals surface area (Å²) in [7, 11) is 0. The number of fused-ring (bicyclic) bond motifs is 1. The number of thiazole rings is 1. The molecule has 2 atom stereocenters. The summed E-state index contributed by atoms with van der Waals surface area (Å²) in [5.41, 5.74) is 2.78. The number of aromatic nitrogens is 2. The molecule has 2 aromatic rings. The summed E-state index contributed by atoms with van der Waals surface area (Å²) in [5, 5.41) is 6.79. The Kier molecular flexibility index (Phi) is 3.52. The lowest BCUT2D eigenvalue weighted by Gasteiger charge is -2.13. The average molecular weight is 307 g/mol. The van der Waals surface area contributed by atoms with Crippen molar-refractivity contribution in [2.24, 2.45) is 0 Å². The van der Waals surface area contributed by atoms with Crippen molar-refractivity contribution < 1.29 is 0 Å². The molecule has 0 spiro atoms. The van der Waals surface area contributed by atoms with E-state index in [1.165, 1.54) is 43.5 Å². The Balaban J connectivity index is 1.50. The van der Waals surface area contributed by atoms with Gasteiger partial charge in [0.1, 0.15) is 0 Å². The summed E-state index contributed by atoms with van der Waals surface area (Å²) in [5.74, 6) is 0.737. The molecule has 2 aliphatic rings. The van der Waals surface area contributed by atoms with E-state index in [-0.39, 0.29) is 0 Å². The second kappa shape index (κ2) is 5.35. The first kappa shape index (κ1) is 13.2. The van der Waals surface area contributed by atoms with E-state index in [0.29, 0.717) is 6.04 Å². The van der Waals surface area contributed by atoms with Crippen LogP contribution in [0.1, 0.15) is 49.4 Å². The Morgan fingerprint density at radius 3 is 3.05 bits per heavy atom. The van der Waals surface area contributed by atoms with E-state index in [2.05, 4.69) is 27.6 Å². The van der Waals surface area contributed by atoms with Crippen molar-refractivity contribution in [1.29, 1.82) is 0 Å². The second-order valence-corrected chi connectivity index (χ2v) is 8.03. The third-order valence-corrected chi connectivity index (χ3v) is 6.48. The van der Waals surface area contributed by atoms with Gasteiger partial charge in [-0.3, -0.25) is 4.40 Å². The molecule has 5 heteroatoms. The maximum atomic E-state index is 4.85. The molecular weight excluding hydrogens is 286 g/mol. The molecule has 4 rings (SSSR count). The van der Waals surface area contributed by atoms with E-state index in [1.54, 1.807) is 11.3 Å². The molecule has 0 unspecified atom stereocenters. The molecule has 1 N–H and O–H groups in total. The maximum absolute atomic E-state index is 4.85. The molecule has 0 aromatic carbocycles. The van der Waals surface area contributed by atoms with Crippen molar-refractivity contribution in [3.8, 4) is 0 Å². The Hall–Kier alpha value is -0.520. The molecule has 2 aromatic heterocycles. The van der Waals surface area contributed by atoms with Crippen LogP contribution in [0.25, 0.3) is 4.96 Å². The number of rotatable bonds is 5. The lowest BCUT2D eigenvalue weighted by molar-refractivity contribution is 0.517. The van der Waals surface area contributed by atoms with Gasteiger partial charge < -0.3 is 5.32 Å². The Morgan fingerprint density at radius 1 is 1.40 bits per heavy atom. The highest BCUT2D eigenvalue weighted by Crippen LogP contribution is 2.42. The number of hydrogen-bond acceptors (Lipinski definition) is 4. The highest BCUT2D eigenvalue weighted by Gasteiger charge is 2.31. The highest BCUT2D eigenvalue weighted by atomic mass is 32.2. The average Bonchev–Trinajstić information content (AvgIpc) is 2.89. The molecular formula is C15H21N3S2. The SMILES string of the molecule is CS[C@@H]1CC[C@@H](NCc2c(C3CC3)nc3sccn23)C1. The van der Waals surface area contributed by atoms with Crippen molar-refractivity contribution in [2.75, 3.05) is 6.26 Å². The van der Waals surface area contributed by atoms with Gasteiger partial charge >= 0.3 is 0 Å². The standard InChI is InChI=1S/C15H21N3S2/c1-19-12-5-4-11(8-12)16-9-13-14(10-2-3-10)17-15-18(13)6-7-20-15/h6-7,10-12,16H,2-5,8-9H2,1H3/t11-,12-/m1/s1. The molecule has 2 aliphatic carbocycles. The molecule has 3 nitrogen and oxygen atoms in total. The first-order valence-electron chi connectivity index (χ1n) is 7.55. The van der Waals surface area contributed by atoms with Gasteiger partial charge in [0.25, 0.3) is 0 Å². The quantitative estimate of drug-likeness (QED) is 0.914. The smallest absolute Gasteiger partial charge is 0.194 e. The minimum Gasteiger partial charge on any atom is -0.308 e. The molecule has 0 bridgehead atoms. The van der Waals surface area contributed by atoms with Gasteiger partial charge in [0.05, 0.1) is 11.4 Å². The van der Waals surface area contributed by atoms with Crippen LogP contribution in [0.15, 0.2) is 11.6 Å². The van der Waals surface area contributed by atoms with Crippen LogP contribution in [0.3, 0.4) is 0 Å². The van der Waals surface area contributed by atoms with Crippen molar-refractivity contribution in [2.45, 2.75) is 55.9 Å². The van der Waals surface area contributed by atoms with Gasteiger partial charge in [-0.05, 0) is 38.4 Å². The summed E-state index contributed by atoms with van der Waals surface area (Å²) in [4.78, 5) is 6.01. The minimum absolute atomic E-state index is 0.698. The van der Waals surface area contributed by atoms with Gasteiger partial charge in [0, 0.05) is 35.3 Å². The van der Waals surface area contributed by atoms with Crippen LogP contribution in [-0.2, 0) is 6.54 Å². The molecule has 20 heavy (non-hydrogen) atoms. The molecule has 108 valence electrons. The van der Waals surface area contributed by atoms with E-state index in [4.69, 9.17) is 4.98 Å². The first-order valence-corrected chi connectivity index (χ1v) is 9.72. The highest BCUT2D eigenvalue weighted by molar-refractivity contribution is 7.99. The third-order valence-electron chi connectivity index (χ3n) is 4.63. The minimum atomic E-state index is 0.698. The summed E-state index contributed by atoms with van der Waals surface area (Å²) in [6.07, 6.45) is 11.1. The molecule has 0 aliphatic heterocycles. The summed E-state index contributed by atoms with van der Waals surface area (Å²) >= 11 is 3.78. The fraction of sp³-hybridized carbons (Fsp3) is 0.667. The first-order chi connectivity index (χ1) is 9.85. The van der Waals surface area contributed by atoms with Crippen LogP contribution in [0, 0.1) is 0 Å². The summed E-state index contributed by atoms with van der Waals surface area (Å²) < 4.78 is 2.30. The van der Waals surface area contributed by atoms with Gasteiger partial charge in [-0.25, -0.2) is 4.98 Å². The van der Waals surface area contributed by atoms with Crippen LogP contribution in [-0.4, -0.2) is 26.9 Å². The van der Waals surface area contributed by atoms with Crippen molar-refractivity contribution in [3.63, 3.8) is 0 Å². The number of thioether (sulfide) groups is 1. The zero-order valence-electron chi connectivity index (χ0n) is 11.8. The number of hydrogen-bond donors (Lipinski definition) is 1. The third kappa shape index (κ3) is 2.40. The predicted molar refractivity (Wildman–Crippen MR) is 86.8 cm³/mol. The predicted octanol–water partition coefficient (Wildman–Crippen LogP) is 3.65. The lowest BCUT2D eigenvalue weighted by atomic mass is 10.2. The van der Waals surface area contributed by atoms with Gasteiger partial charge in [-0.1, -0.05) is 0 Å². The van der Waals surface area contributed by atoms with Crippen molar-refractivity contribution >= 4 is 28.1 Å². The molecule has 2 fully saturated rings. The normalized spacial score (nSPS) is 26.6. The summed E-state index contributed by atoms with van der Waals surface area (Å²) in [6, 6.07) is 0.698. The molecule has 0 amide bonds. The fourth-order valence-corrected chi connectivity index (χ4v) is 4.83. The van der Waals surface area contributed by atoms with Crippen LogP contribution < -0.4 is 5.32 Å². The van der Waals surface area contributed by atoms with E-state index in [0.717, 1.165) is 22.7 Å². The Labute approximate surface area is 128 Å². The van der Waals surface area contributed by atoms with Crippen molar-refractivity contribution in [3.05, 3.63) is 23.0 Å². The monoisotopic (exact) mass is 307 g/mol. The van der Waals surface area contributed by atoms with Gasteiger partial charge in [-0.2, -0.15) is 11.8 Å². The Bertz CT molecular complexity index is 599. The number of nitrogens with one attached hydrogen (secondary N) is 1. The van der Waals surface area contributed by atoms with Crippen LogP contribution in [0.2, 0.25) is 0 Å². The Morgan fingerprint density at radius 2 is 2.30 bits per heavy atom.